The highest BCUT2D eigenvalue weighted by molar-refractivity contribution is 7.99. The van der Waals surface area contributed by atoms with Crippen LogP contribution >= 0.6 is 11.8 Å². The average molecular weight is 519 g/mol. The Kier molecular flexibility index (Phi) is 7.70. The van der Waals surface area contributed by atoms with Crippen molar-refractivity contribution < 1.29 is 4.79 Å². The second kappa shape index (κ2) is 11.7. The van der Waals surface area contributed by atoms with Crippen molar-refractivity contribution in [1.29, 1.82) is 0 Å². The number of rotatable bonds is 8. The third-order valence-electron chi connectivity index (χ3n) is 5.95. The Morgan fingerprint density at radius 3 is 2.24 bits per heavy atom. The van der Waals surface area contributed by atoms with Crippen LogP contribution in [0.25, 0.3) is 28.2 Å². The lowest BCUT2D eigenvalue weighted by atomic mass is 10.0. The Balaban J connectivity index is 1.27. The molecule has 3 aromatic carbocycles. The highest BCUT2D eigenvalue weighted by Gasteiger charge is 2.17. The topological polar surface area (TPSA) is 85.1 Å². The Bertz CT molecular complexity index is 1550. The number of amides is 1. The van der Waals surface area contributed by atoms with Crippen LogP contribution in [-0.4, -0.2) is 37.1 Å². The highest BCUT2D eigenvalue weighted by atomic mass is 32.2. The molecule has 0 unspecified atom stereocenters. The second-order valence-electron chi connectivity index (χ2n) is 8.68. The molecule has 0 atom stereocenters. The lowest BCUT2D eigenvalue weighted by Gasteiger charge is -2.10. The molecular weight excluding hydrogens is 492 g/mol. The molecule has 0 fully saturated rings. The maximum atomic E-state index is 12.7. The zero-order chi connectivity index (χ0) is 26.3. The summed E-state index contributed by atoms with van der Waals surface area (Å²) in [4.78, 5) is 16.8. The van der Waals surface area contributed by atoms with Crippen molar-refractivity contribution in [2.45, 2.75) is 19.0 Å². The molecule has 38 heavy (non-hydrogen) atoms. The van der Waals surface area contributed by atoms with Gasteiger partial charge in [-0.15, -0.1) is 10.2 Å². The van der Waals surface area contributed by atoms with Crippen LogP contribution < -0.4 is 5.43 Å². The van der Waals surface area contributed by atoms with Gasteiger partial charge in [-0.1, -0.05) is 84.1 Å². The first-order chi connectivity index (χ1) is 18.6. The van der Waals surface area contributed by atoms with E-state index in [1.54, 1.807) is 12.4 Å². The predicted octanol–water partition coefficient (Wildman–Crippen LogP) is 5.94. The van der Waals surface area contributed by atoms with Gasteiger partial charge < -0.3 is 0 Å². The minimum atomic E-state index is -0.223. The van der Waals surface area contributed by atoms with E-state index in [-0.39, 0.29) is 11.7 Å². The fourth-order valence-electron chi connectivity index (χ4n) is 3.89. The fraction of sp³-hybridized carbons (Fsp3) is 0.100. The zero-order valence-electron chi connectivity index (χ0n) is 21.1. The summed E-state index contributed by atoms with van der Waals surface area (Å²) in [5.74, 6) is 0.607. The van der Waals surface area contributed by atoms with E-state index in [0.717, 1.165) is 39.2 Å². The number of carbonyl (C=O) groups is 1. The highest BCUT2D eigenvalue weighted by Crippen LogP contribution is 2.28. The average Bonchev–Trinajstić information content (AvgIpc) is 3.40. The van der Waals surface area contributed by atoms with Crippen molar-refractivity contribution in [2.75, 3.05) is 5.75 Å². The molecule has 1 amide bonds. The molecule has 0 bridgehead atoms. The van der Waals surface area contributed by atoms with Gasteiger partial charge in [0.05, 0.1) is 11.5 Å². The van der Waals surface area contributed by atoms with Gasteiger partial charge in [0.15, 0.2) is 11.0 Å². The van der Waals surface area contributed by atoms with Gasteiger partial charge in [-0.05, 0) is 54.8 Å². The Hall–Kier alpha value is -4.56. The van der Waals surface area contributed by atoms with Gasteiger partial charge in [-0.3, -0.25) is 14.3 Å². The van der Waals surface area contributed by atoms with E-state index in [4.69, 9.17) is 0 Å². The number of nitrogens with one attached hydrogen (secondary N) is 1. The first kappa shape index (κ1) is 25.1. The van der Waals surface area contributed by atoms with Crippen molar-refractivity contribution in [3.63, 3.8) is 0 Å². The number of aryl methyl sites for hydroxylation is 1. The SMILES string of the molecule is C/C(=N\NC(=O)CSc1nnc(-c2ccncc2)n1-c1ccc(C)cc1)c1ccc(-c2ccccc2)cc1. The molecule has 1 N–H and O–H groups in total. The lowest BCUT2D eigenvalue weighted by molar-refractivity contribution is -0.118. The number of nitrogens with zero attached hydrogens (tertiary/aromatic N) is 5. The molecule has 188 valence electrons. The maximum Gasteiger partial charge on any atom is 0.250 e. The third kappa shape index (κ3) is 5.87. The molecule has 7 nitrogen and oxygen atoms in total. The number of hydrogen-bond acceptors (Lipinski definition) is 6. The monoisotopic (exact) mass is 518 g/mol. The van der Waals surface area contributed by atoms with Crippen LogP contribution in [-0.2, 0) is 4.79 Å². The molecule has 0 aliphatic carbocycles. The number of thioether (sulfide) groups is 1. The number of hydrazone groups is 1. The zero-order valence-corrected chi connectivity index (χ0v) is 21.9. The molecule has 0 aliphatic heterocycles. The fourth-order valence-corrected chi connectivity index (χ4v) is 4.63. The Labute approximate surface area is 225 Å². The molecule has 8 heteroatoms. The van der Waals surface area contributed by atoms with Gasteiger partial charge in [-0.25, -0.2) is 5.43 Å². The van der Waals surface area contributed by atoms with Crippen molar-refractivity contribution in [2.24, 2.45) is 5.10 Å². The normalized spacial score (nSPS) is 11.4. The van der Waals surface area contributed by atoms with Crippen molar-refractivity contribution in [3.8, 4) is 28.2 Å². The second-order valence-corrected chi connectivity index (χ2v) is 9.62. The molecule has 5 rings (SSSR count). The van der Waals surface area contributed by atoms with Crippen LogP contribution in [0.15, 0.2) is 114 Å². The van der Waals surface area contributed by atoms with E-state index in [0.29, 0.717) is 11.0 Å². The van der Waals surface area contributed by atoms with E-state index >= 15 is 0 Å². The van der Waals surface area contributed by atoms with E-state index in [9.17, 15) is 4.79 Å². The number of benzene rings is 3. The molecule has 0 saturated heterocycles. The third-order valence-corrected chi connectivity index (χ3v) is 6.88. The largest absolute Gasteiger partial charge is 0.272 e. The summed E-state index contributed by atoms with van der Waals surface area (Å²) >= 11 is 1.31. The summed E-state index contributed by atoms with van der Waals surface area (Å²) in [6.45, 7) is 3.92. The van der Waals surface area contributed by atoms with Crippen molar-refractivity contribution >= 4 is 23.4 Å². The van der Waals surface area contributed by atoms with Gasteiger partial charge in [0, 0.05) is 23.6 Å². The van der Waals surface area contributed by atoms with Gasteiger partial charge in [-0.2, -0.15) is 5.10 Å². The van der Waals surface area contributed by atoms with Crippen molar-refractivity contribution in [3.05, 3.63) is 115 Å². The summed E-state index contributed by atoms with van der Waals surface area (Å²) in [6, 6.07) is 30.2. The summed E-state index contributed by atoms with van der Waals surface area (Å²) in [6.07, 6.45) is 3.44. The van der Waals surface area contributed by atoms with Crippen LogP contribution in [0.4, 0.5) is 0 Å². The van der Waals surface area contributed by atoms with Crippen LogP contribution in [0, 0.1) is 6.92 Å². The number of hydrogen-bond donors (Lipinski definition) is 1. The molecule has 2 heterocycles. The van der Waals surface area contributed by atoms with Crippen LogP contribution in [0.1, 0.15) is 18.1 Å². The first-order valence-electron chi connectivity index (χ1n) is 12.1. The summed E-state index contributed by atoms with van der Waals surface area (Å²) in [5, 5.41) is 13.7. The van der Waals surface area contributed by atoms with Gasteiger partial charge in [0.2, 0.25) is 0 Å². The minimum Gasteiger partial charge on any atom is -0.272 e. The van der Waals surface area contributed by atoms with Gasteiger partial charge in [0.25, 0.3) is 5.91 Å². The lowest BCUT2D eigenvalue weighted by Crippen LogP contribution is -2.21. The number of pyridine rings is 1. The smallest absolute Gasteiger partial charge is 0.250 e. The summed E-state index contributed by atoms with van der Waals surface area (Å²) in [7, 11) is 0. The molecular formula is C30H26N6OS. The molecule has 0 saturated carbocycles. The first-order valence-corrected chi connectivity index (χ1v) is 13.1. The van der Waals surface area contributed by atoms with Crippen molar-refractivity contribution in [1.82, 2.24) is 25.2 Å². The van der Waals surface area contributed by atoms with Crippen LogP contribution in [0.3, 0.4) is 0 Å². The quantitative estimate of drug-likeness (QED) is 0.156. The molecule has 0 radical (unpaired) electrons. The standard InChI is InChI=1S/C30H26N6OS/c1-21-8-14-27(15-9-21)36-29(26-16-18-31-19-17-26)34-35-30(36)38-20-28(37)33-32-22(2)23-10-12-25(13-11-23)24-6-4-3-5-7-24/h3-19H,20H2,1-2H3,(H,33,37)/b32-22+. The van der Waals surface area contributed by atoms with Gasteiger partial charge >= 0.3 is 0 Å². The number of aromatic nitrogens is 4. The van der Waals surface area contributed by atoms with E-state index < -0.39 is 0 Å². The van der Waals surface area contributed by atoms with Gasteiger partial charge in [0.1, 0.15) is 0 Å². The predicted molar refractivity (Wildman–Crippen MR) is 152 cm³/mol. The Morgan fingerprint density at radius 1 is 0.842 bits per heavy atom. The number of carbonyl (C=O) groups excluding carboxylic acids is 1. The minimum absolute atomic E-state index is 0.143. The summed E-state index contributed by atoms with van der Waals surface area (Å²) < 4.78 is 1.95. The molecule has 2 aromatic heterocycles. The van der Waals surface area contributed by atoms with Crippen LogP contribution in [0.5, 0.6) is 0 Å². The van der Waals surface area contributed by atoms with Crippen LogP contribution in [0.2, 0.25) is 0 Å². The maximum absolute atomic E-state index is 12.7. The van der Waals surface area contributed by atoms with E-state index in [1.807, 2.05) is 85.1 Å². The van der Waals surface area contributed by atoms with E-state index in [1.165, 1.54) is 11.8 Å². The Morgan fingerprint density at radius 2 is 1.53 bits per heavy atom. The molecule has 0 aliphatic rings. The summed E-state index contributed by atoms with van der Waals surface area (Å²) in [5.41, 5.74) is 9.59. The molecule has 0 spiro atoms. The van der Waals surface area contributed by atoms with E-state index in [2.05, 4.69) is 50.0 Å². The molecule has 5 aromatic rings.